The van der Waals surface area contributed by atoms with Crippen LogP contribution in [0.1, 0.15) is 22.0 Å². The zero-order valence-corrected chi connectivity index (χ0v) is 9.86. The molecule has 18 heavy (non-hydrogen) atoms. The van der Waals surface area contributed by atoms with E-state index in [1.54, 1.807) is 17.5 Å². The number of rotatable bonds is 2. The van der Waals surface area contributed by atoms with E-state index >= 15 is 0 Å². The van der Waals surface area contributed by atoms with Crippen molar-refractivity contribution in [3.63, 3.8) is 0 Å². The number of hydrogen-bond donors (Lipinski definition) is 1. The van der Waals surface area contributed by atoms with Crippen LogP contribution in [-0.2, 0) is 6.18 Å². The summed E-state index contributed by atoms with van der Waals surface area (Å²) in [5.74, 6) is -0.939. The lowest BCUT2D eigenvalue weighted by molar-refractivity contribution is -0.137. The zero-order valence-electron chi connectivity index (χ0n) is 9.04. The van der Waals surface area contributed by atoms with Gasteiger partial charge in [0.1, 0.15) is 5.82 Å². The first-order chi connectivity index (χ1) is 8.39. The molecule has 2 aromatic rings. The van der Waals surface area contributed by atoms with Crippen molar-refractivity contribution < 1.29 is 17.6 Å². The molecule has 2 N–H and O–H groups in total. The quantitative estimate of drug-likeness (QED) is 0.825. The third-order valence-electron chi connectivity index (χ3n) is 2.51. The van der Waals surface area contributed by atoms with E-state index in [1.165, 1.54) is 11.3 Å². The summed E-state index contributed by atoms with van der Waals surface area (Å²) in [5.41, 5.74) is 4.86. The van der Waals surface area contributed by atoms with Crippen LogP contribution < -0.4 is 5.73 Å². The molecule has 0 bridgehead atoms. The molecule has 0 fully saturated rings. The summed E-state index contributed by atoms with van der Waals surface area (Å²) in [6, 6.07) is 5.12. The summed E-state index contributed by atoms with van der Waals surface area (Å²) in [6.07, 6.45) is -4.55. The number of thiophene rings is 1. The van der Waals surface area contributed by atoms with Gasteiger partial charge in [-0.3, -0.25) is 0 Å². The molecule has 0 unspecified atom stereocenters. The molecular formula is C12H9F4NS. The van der Waals surface area contributed by atoms with Crippen molar-refractivity contribution in [3.05, 3.63) is 57.5 Å². The normalized spacial score (nSPS) is 13.6. The molecule has 0 radical (unpaired) electrons. The van der Waals surface area contributed by atoms with Gasteiger partial charge in [-0.2, -0.15) is 13.2 Å². The van der Waals surface area contributed by atoms with Crippen LogP contribution in [0.15, 0.2) is 35.7 Å². The molecule has 0 amide bonds. The highest BCUT2D eigenvalue weighted by Gasteiger charge is 2.31. The van der Waals surface area contributed by atoms with Crippen LogP contribution >= 0.6 is 11.3 Å². The van der Waals surface area contributed by atoms with Gasteiger partial charge in [-0.25, -0.2) is 4.39 Å². The maximum absolute atomic E-state index is 13.6. The Morgan fingerprint density at radius 3 is 2.39 bits per heavy atom. The molecule has 1 aromatic heterocycles. The predicted octanol–water partition coefficient (Wildman–Crippen LogP) is 3.95. The third kappa shape index (κ3) is 2.54. The van der Waals surface area contributed by atoms with E-state index in [0.29, 0.717) is 10.9 Å². The maximum atomic E-state index is 13.6. The van der Waals surface area contributed by atoms with Crippen molar-refractivity contribution in [2.45, 2.75) is 12.2 Å². The van der Waals surface area contributed by atoms with Gasteiger partial charge in [0, 0.05) is 10.4 Å². The minimum absolute atomic E-state index is 0.0606. The van der Waals surface area contributed by atoms with E-state index in [0.717, 1.165) is 12.1 Å². The van der Waals surface area contributed by atoms with Crippen LogP contribution in [0, 0.1) is 5.82 Å². The Labute approximate surface area is 105 Å². The highest BCUT2D eigenvalue weighted by Crippen LogP contribution is 2.32. The second kappa shape index (κ2) is 4.70. The molecular weight excluding hydrogens is 266 g/mol. The van der Waals surface area contributed by atoms with Crippen LogP contribution in [0.4, 0.5) is 17.6 Å². The Kier molecular flexibility index (Phi) is 3.41. The highest BCUT2D eigenvalue weighted by atomic mass is 32.1. The third-order valence-corrected chi connectivity index (χ3v) is 3.47. The second-order valence-corrected chi connectivity index (χ2v) is 4.71. The molecule has 0 aliphatic rings. The van der Waals surface area contributed by atoms with Crippen LogP contribution in [0.3, 0.4) is 0 Å². The topological polar surface area (TPSA) is 26.0 Å². The van der Waals surface area contributed by atoms with Crippen LogP contribution in [0.5, 0.6) is 0 Å². The van der Waals surface area contributed by atoms with E-state index in [9.17, 15) is 17.6 Å². The average Bonchev–Trinajstić information content (AvgIpc) is 2.80. The van der Waals surface area contributed by atoms with Gasteiger partial charge in [0.2, 0.25) is 0 Å². The Morgan fingerprint density at radius 1 is 1.17 bits per heavy atom. The molecule has 0 saturated carbocycles. The summed E-state index contributed by atoms with van der Waals surface area (Å²) in [4.78, 5) is 0.702. The molecule has 1 heterocycles. The van der Waals surface area contributed by atoms with E-state index in [2.05, 4.69) is 0 Å². The van der Waals surface area contributed by atoms with Crippen molar-refractivity contribution in [2.75, 3.05) is 0 Å². The van der Waals surface area contributed by atoms with Gasteiger partial charge in [0.25, 0.3) is 0 Å². The largest absolute Gasteiger partial charge is 0.416 e. The number of benzene rings is 1. The minimum atomic E-state index is -4.55. The van der Waals surface area contributed by atoms with Crippen LogP contribution in [-0.4, -0.2) is 0 Å². The number of alkyl halides is 3. The standard InChI is InChI=1S/C12H9F4NS/c13-9-6-7(12(14,15)16)3-4-8(9)11(17)10-2-1-5-18-10/h1-6,11H,17H2/t11-/m1/s1. The van der Waals surface area contributed by atoms with Crippen molar-refractivity contribution in [3.8, 4) is 0 Å². The Hall–Kier alpha value is -1.40. The highest BCUT2D eigenvalue weighted by molar-refractivity contribution is 7.10. The smallest absolute Gasteiger partial charge is 0.320 e. The first-order valence-electron chi connectivity index (χ1n) is 5.05. The summed E-state index contributed by atoms with van der Waals surface area (Å²) in [6.45, 7) is 0. The first kappa shape index (κ1) is 13.0. The maximum Gasteiger partial charge on any atom is 0.416 e. The van der Waals surface area contributed by atoms with Gasteiger partial charge in [0.05, 0.1) is 11.6 Å². The fourth-order valence-corrected chi connectivity index (χ4v) is 2.32. The van der Waals surface area contributed by atoms with E-state index in [-0.39, 0.29) is 5.56 Å². The zero-order chi connectivity index (χ0) is 13.3. The molecule has 1 nitrogen and oxygen atoms in total. The van der Waals surface area contributed by atoms with Crippen molar-refractivity contribution in [1.29, 1.82) is 0 Å². The van der Waals surface area contributed by atoms with E-state index in [1.807, 2.05) is 0 Å². The number of halogens is 4. The Bertz CT molecular complexity index is 534. The van der Waals surface area contributed by atoms with Gasteiger partial charge in [-0.05, 0) is 23.6 Å². The lowest BCUT2D eigenvalue weighted by Crippen LogP contribution is -2.14. The molecule has 0 spiro atoms. The SMILES string of the molecule is N[C@@H](c1cccs1)c1ccc(C(F)(F)F)cc1F. The van der Waals surface area contributed by atoms with Gasteiger partial charge >= 0.3 is 6.18 Å². The van der Waals surface area contributed by atoms with Crippen molar-refractivity contribution >= 4 is 11.3 Å². The summed E-state index contributed by atoms with van der Waals surface area (Å²) < 4.78 is 50.8. The molecule has 96 valence electrons. The second-order valence-electron chi connectivity index (χ2n) is 3.73. The predicted molar refractivity (Wildman–Crippen MR) is 61.8 cm³/mol. The van der Waals surface area contributed by atoms with Gasteiger partial charge in [-0.15, -0.1) is 11.3 Å². The molecule has 2 rings (SSSR count). The summed E-state index contributed by atoms with van der Waals surface area (Å²) in [7, 11) is 0. The van der Waals surface area contributed by atoms with Crippen molar-refractivity contribution in [1.82, 2.24) is 0 Å². The molecule has 6 heteroatoms. The van der Waals surface area contributed by atoms with Gasteiger partial charge in [0.15, 0.2) is 0 Å². The minimum Gasteiger partial charge on any atom is -0.320 e. The number of nitrogens with two attached hydrogens (primary N) is 1. The Balaban J connectivity index is 2.36. The van der Waals surface area contributed by atoms with Gasteiger partial charge < -0.3 is 5.73 Å². The lowest BCUT2D eigenvalue weighted by atomic mass is 10.0. The fourth-order valence-electron chi connectivity index (χ4n) is 1.58. The molecule has 0 aliphatic heterocycles. The average molecular weight is 275 g/mol. The van der Waals surface area contributed by atoms with E-state index in [4.69, 9.17) is 5.73 Å². The fraction of sp³-hybridized carbons (Fsp3) is 0.167. The summed E-state index contributed by atoms with van der Waals surface area (Å²) in [5, 5.41) is 1.77. The van der Waals surface area contributed by atoms with Crippen molar-refractivity contribution in [2.24, 2.45) is 5.73 Å². The first-order valence-corrected chi connectivity index (χ1v) is 5.93. The van der Waals surface area contributed by atoms with Crippen LogP contribution in [0.2, 0.25) is 0 Å². The van der Waals surface area contributed by atoms with E-state index < -0.39 is 23.6 Å². The molecule has 1 atom stereocenters. The molecule has 0 saturated heterocycles. The lowest BCUT2D eigenvalue weighted by Gasteiger charge is -2.13. The molecule has 0 aliphatic carbocycles. The molecule has 1 aromatic carbocycles. The Morgan fingerprint density at radius 2 is 1.89 bits per heavy atom. The number of hydrogen-bond acceptors (Lipinski definition) is 2. The van der Waals surface area contributed by atoms with Crippen LogP contribution in [0.25, 0.3) is 0 Å². The van der Waals surface area contributed by atoms with Gasteiger partial charge in [-0.1, -0.05) is 12.1 Å². The summed E-state index contributed by atoms with van der Waals surface area (Å²) >= 11 is 1.33. The monoisotopic (exact) mass is 275 g/mol.